The number of nitrogens with two attached hydrogens (primary N) is 1. The van der Waals surface area contributed by atoms with Crippen LogP contribution in [0.4, 0.5) is 11.6 Å². The van der Waals surface area contributed by atoms with Crippen molar-refractivity contribution >= 4 is 17.5 Å². The van der Waals surface area contributed by atoms with Crippen molar-refractivity contribution in [2.75, 3.05) is 37.2 Å². The third kappa shape index (κ3) is 5.30. The quantitative estimate of drug-likeness (QED) is 0.761. The van der Waals surface area contributed by atoms with Gasteiger partial charge in [0.25, 0.3) is 5.82 Å². The first kappa shape index (κ1) is 21.1. The lowest BCUT2D eigenvalue weighted by Crippen LogP contribution is -2.47. The summed E-state index contributed by atoms with van der Waals surface area (Å²) in [5, 5.41) is 12.6. The zero-order valence-corrected chi connectivity index (χ0v) is 17.8. The van der Waals surface area contributed by atoms with E-state index < -0.39 is 0 Å². The zero-order chi connectivity index (χ0) is 21.6. The Kier molecular flexibility index (Phi) is 6.63. The van der Waals surface area contributed by atoms with Crippen molar-refractivity contribution in [2.24, 2.45) is 5.92 Å². The maximum absolute atomic E-state index is 13.0. The van der Waals surface area contributed by atoms with Crippen molar-refractivity contribution in [1.29, 1.82) is 5.26 Å². The van der Waals surface area contributed by atoms with Gasteiger partial charge in [0.1, 0.15) is 11.9 Å². The summed E-state index contributed by atoms with van der Waals surface area (Å²) in [6, 6.07) is 9.98. The van der Waals surface area contributed by atoms with Crippen molar-refractivity contribution in [3.8, 4) is 6.07 Å². The van der Waals surface area contributed by atoms with Gasteiger partial charge in [0.2, 0.25) is 5.91 Å². The van der Waals surface area contributed by atoms with E-state index in [9.17, 15) is 10.1 Å². The predicted octanol–water partition coefficient (Wildman–Crippen LogP) is 1.66. The SMILES string of the molecule is N#Cc1cccnc1NC1CCN(C(=O)C2CCN(Cc3cc[nH+]c(N)c3)CC2)CC1. The van der Waals surface area contributed by atoms with Crippen LogP contribution in [0.3, 0.4) is 0 Å². The highest BCUT2D eigenvalue weighted by molar-refractivity contribution is 5.79. The Morgan fingerprint density at radius 3 is 2.71 bits per heavy atom. The molecule has 4 rings (SSSR count). The lowest BCUT2D eigenvalue weighted by atomic mass is 9.93. The first-order valence-electron chi connectivity index (χ1n) is 11.0. The Balaban J connectivity index is 1.23. The molecule has 4 heterocycles. The molecule has 2 aliphatic rings. The number of nitrogens with one attached hydrogen (secondary N) is 2. The molecule has 31 heavy (non-hydrogen) atoms. The van der Waals surface area contributed by atoms with Crippen molar-refractivity contribution < 1.29 is 9.78 Å². The molecule has 2 saturated heterocycles. The number of aromatic amines is 1. The van der Waals surface area contributed by atoms with Crippen LogP contribution < -0.4 is 16.0 Å². The van der Waals surface area contributed by atoms with Gasteiger partial charge in [-0.15, -0.1) is 0 Å². The largest absolute Gasteiger partial charge is 0.366 e. The number of nitrogens with zero attached hydrogens (tertiary/aromatic N) is 4. The van der Waals surface area contributed by atoms with E-state index >= 15 is 0 Å². The number of likely N-dealkylation sites (tertiary alicyclic amines) is 2. The van der Waals surface area contributed by atoms with E-state index in [2.05, 4.69) is 32.3 Å². The van der Waals surface area contributed by atoms with E-state index in [1.54, 1.807) is 18.3 Å². The number of aromatic nitrogens is 2. The Bertz CT molecular complexity index is 941. The molecule has 2 aromatic heterocycles. The van der Waals surface area contributed by atoms with Crippen molar-refractivity contribution in [3.05, 3.63) is 47.8 Å². The lowest BCUT2D eigenvalue weighted by molar-refractivity contribution is -0.360. The number of nitriles is 1. The molecule has 8 heteroatoms. The number of anilines is 2. The predicted molar refractivity (Wildman–Crippen MR) is 118 cm³/mol. The fourth-order valence-electron chi connectivity index (χ4n) is 4.54. The van der Waals surface area contributed by atoms with Crippen LogP contribution in [0.1, 0.15) is 36.8 Å². The molecule has 0 radical (unpaired) electrons. The third-order valence-electron chi connectivity index (χ3n) is 6.31. The molecule has 8 nitrogen and oxygen atoms in total. The molecule has 0 unspecified atom stereocenters. The van der Waals surface area contributed by atoms with Crippen LogP contribution in [0.2, 0.25) is 0 Å². The molecule has 0 atom stereocenters. The average molecular weight is 421 g/mol. The molecular weight excluding hydrogens is 390 g/mol. The highest BCUT2D eigenvalue weighted by Crippen LogP contribution is 2.24. The van der Waals surface area contributed by atoms with Crippen LogP contribution >= 0.6 is 0 Å². The molecule has 0 aliphatic carbocycles. The normalized spacial score (nSPS) is 18.5. The molecule has 0 saturated carbocycles. The number of carbonyl (C=O) groups is 1. The van der Waals surface area contributed by atoms with Gasteiger partial charge in [-0.1, -0.05) is 0 Å². The van der Waals surface area contributed by atoms with E-state index in [0.717, 1.165) is 58.4 Å². The summed E-state index contributed by atoms with van der Waals surface area (Å²) < 4.78 is 0. The Labute approximate surface area is 183 Å². The summed E-state index contributed by atoms with van der Waals surface area (Å²) in [5.41, 5.74) is 7.59. The standard InChI is InChI=1S/C23H29N7O/c24-15-19-2-1-8-27-22(19)28-20-6-12-30(13-7-20)23(31)18-4-10-29(11-5-18)16-17-3-9-26-21(25)14-17/h1-3,8-9,14,18,20H,4-7,10-13,16H2,(H2,25,26)(H,27,28)/p+1. The number of hydrogen-bond donors (Lipinski definition) is 2. The summed E-state index contributed by atoms with van der Waals surface area (Å²) >= 11 is 0. The molecule has 2 aromatic rings. The van der Waals surface area contributed by atoms with Gasteiger partial charge in [-0.3, -0.25) is 15.4 Å². The minimum atomic E-state index is 0.121. The van der Waals surface area contributed by atoms with Gasteiger partial charge in [-0.2, -0.15) is 5.26 Å². The van der Waals surface area contributed by atoms with Gasteiger partial charge in [0.05, 0.1) is 11.8 Å². The third-order valence-corrected chi connectivity index (χ3v) is 6.31. The topological polar surface area (TPSA) is 112 Å². The number of H-pyrrole nitrogens is 1. The number of amides is 1. The van der Waals surface area contributed by atoms with Crippen LogP contribution in [-0.2, 0) is 11.3 Å². The highest BCUT2D eigenvalue weighted by atomic mass is 16.2. The molecule has 4 N–H and O–H groups in total. The van der Waals surface area contributed by atoms with Gasteiger partial charge in [0, 0.05) is 43.9 Å². The molecule has 2 aliphatic heterocycles. The summed E-state index contributed by atoms with van der Waals surface area (Å²) in [6.45, 7) is 4.25. The van der Waals surface area contributed by atoms with Gasteiger partial charge in [0.15, 0.2) is 0 Å². The first-order valence-corrected chi connectivity index (χ1v) is 11.0. The summed E-state index contributed by atoms with van der Waals surface area (Å²) in [6.07, 6.45) is 7.13. The Morgan fingerprint density at radius 2 is 2.00 bits per heavy atom. The molecule has 2 fully saturated rings. The number of hydrogen-bond acceptors (Lipinski definition) is 6. The lowest BCUT2D eigenvalue weighted by Gasteiger charge is -2.37. The molecule has 1 amide bonds. The number of nitrogen functional groups attached to an aromatic ring is 1. The fourth-order valence-corrected chi connectivity index (χ4v) is 4.54. The van der Waals surface area contributed by atoms with Crippen LogP contribution in [0.15, 0.2) is 36.7 Å². The van der Waals surface area contributed by atoms with Crippen LogP contribution in [0, 0.1) is 17.2 Å². The maximum atomic E-state index is 13.0. The number of pyridine rings is 2. The fraction of sp³-hybridized carbons (Fsp3) is 0.478. The second kappa shape index (κ2) is 9.75. The summed E-state index contributed by atoms with van der Waals surface area (Å²) in [4.78, 5) is 24.7. The van der Waals surface area contributed by atoms with Crippen LogP contribution in [-0.4, -0.2) is 52.9 Å². The zero-order valence-electron chi connectivity index (χ0n) is 17.8. The summed E-state index contributed by atoms with van der Waals surface area (Å²) in [5.74, 6) is 1.73. The van der Waals surface area contributed by atoms with Gasteiger partial charge >= 0.3 is 0 Å². The second-order valence-corrected chi connectivity index (χ2v) is 8.46. The van der Waals surface area contributed by atoms with Gasteiger partial charge < -0.3 is 10.2 Å². The molecule has 0 bridgehead atoms. The second-order valence-electron chi connectivity index (χ2n) is 8.46. The maximum Gasteiger partial charge on any atom is 0.270 e. The van der Waals surface area contributed by atoms with Crippen LogP contribution in [0.5, 0.6) is 0 Å². The van der Waals surface area contributed by atoms with Gasteiger partial charge in [-0.25, -0.2) is 9.97 Å². The average Bonchev–Trinajstić information content (AvgIpc) is 2.80. The molecule has 0 aromatic carbocycles. The first-order chi connectivity index (χ1) is 15.1. The van der Waals surface area contributed by atoms with E-state index in [-0.39, 0.29) is 12.0 Å². The van der Waals surface area contributed by atoms with Gasteiger partial charge in [-0.05, 0) is 62.5 Å². The highest BCUT2D eigenvalue weighted by Gasteiger charge is 2.31. The molecular formula is C23H30N7O+. The van der Waals surface area contributed by atoms with E-state index in [0.29, 0.717) is 23.1 Å². The number of rotatable bonds is 5. The monoisotopic (exact) mass is 420 g/mol. The number of carbonyl (C=O) groups excluding carboxylic acids is 1. The van der Waals surface area contributed by atoms with Crippen LogP contribution in [0.25, 0.3) is 0 Å². The smallest absolute Gasteiger partial charge is 0.270 e. The Morgan fingerprint density at radius 1 is 1.23 bits per heavy atom. The van der Waals surface area contributed by atoms with E-state index in [4.69, 9.17) is 5.73 Å². The number of piperidine rings is 2. The Hall–Kier alpha value is -3.18. The van der Waals surface area contributed by atoms with E-state index in [1.165, 1.54) is 5.56 Å². The minimum Gasteiger partial charge on any atom is -0.366 e. The van der Waals surface area contributed by atoms with Crippen molar-refractivity contribution in [2.45, 2.75) is 38.3 Å². The summed E-state index contributed by atoms with van der Waals surface area (Å²) in [7, 11) is 0. The van der Waals surface area contributed by atoms with Crippen molar-refractivity contribution in [1.82, 2.24) is 14.8 Å². The molecule has 0 spiro atoms. The van der Waals surface area contributed by atoms with E-state index in [1.807, 2.05) is 17.2 Å². The molecule has 162 valence electrons. The minimum absolute atomic E-state index is 0.121. The van der Waals surface area contributed by atoms with Crippen molar-refractivity contribution in [3.63, 3.8) is 0 Å².